The molecule has 20 heavy (non-hydrogen) atoms. The Morgan fingerprint density at radius 1 is 1.40 bits per heavy atom. The number of halogens is 3. The van der Waals surface area contributed by atoms with Crippen LogP contribution in [0.4, 0.5) is 13.2 Å². The average molecular weight is 289 g/mol. The quantitative estimate of drug-likeness (QED) is 0.899. The van der Waals surface area contributed by atoms with Gasteiger partial charge in [-0.3, -0.25) is 9.89 Å². The maximum atomic E-state index is 12.5. The molecule has 0 atom stereocenters. The lowest BCUT2D eigenvalue weighted by molar-refractivity contribution is -0.184. The van der Waals surface area contributed by atoms with Crippen molar-refractivity contribution in [3.05, 3.63) is 17.5 Å². The molecular weight excluding hydrogens is 271 g/mol. The van der Waals surface area contributed by atoms with Gasteiger partial charge in [0.25, 0.3) is 0 Å². The zero-order valence-corrected chi connectivity index (χ0v) is 11.3. The van der Waals surface area contributed by atoms with Crippen molar-refractivity contribution in [2.75, 3.05) is 0 Å². The van der Waals surface area contributed by atoms with E-state index in [4.69, 9.17) is 0 Å². The normalized spacial score (nSPS) is 23.6. The van der Waals surface area contributed by atoms with Crippen LogP contribution in [-0.2, 0) is 11.3 Å². The van der Waals surface area contributed by atoms with E-state index in [0.717, 1.165) is 11.3 Å². The highest BCUT2D eigenvalue weighted by atomic mass is 19.4. The first-order chi connectivity index (χ1) is 9.38. The third-order valence-electron chi connectivity index (χ3n) is 3.95. The second-order valence-corrected chi connectivity index (χ2v) is 5.33. The maximum absolute atomic E-state index is 12.5. The first kappa shape index (κ1) is 14.9. The van der Waals surface area contributed by atoms with Crippen molar-refractivity contribution in [1.82, 2.24) is 15.5 Å². The van der Waals surface area contributed by atoms with Gasteiger partial charge in [-0.1, -0.05) is 0 Å². The number of amides is 1. The number of aromatic nitrogens is 2. The molecule has 2 rings (SSSR count). The van der Waals surface area contributed by atoms with Crippen molar-refractivity contribution in [3.63, 3.8) is 0 Å². The molecule has 1 fully saturated rings. The van der Waals surface area contributed by atoms with Crippen molar-refractivity contribution in [2.24, 2.45) is 11.8 Å². The minimum absolute atomic E-state index is 0.0479. The lowest BCUT2D eigenvalue weighted by atomic mass is 9.81. The van der Waals surface area contributed by atoms with E-state index >= 15 is 0 Å². The molecule has 1 aliphatic rings. The van der Waals surface area contributed by atoms with Gasteiger partial charge in [0.15, 0.2) is 0 Å². The summed E-state index contributed by atoms with van der Waals surface area (Å²) in [5.41, 5.74) is 1.77. The highest BCUT2D eigenvalue weighted by Gasteiger charge is 2.42. The molecule has 0 aliphatic heterocycles. The summed E-state index contributed by atoms with van der Waals surface area (Å²) in [6.45, 7) is 2.21. The van der Waals surface area contributed by atoms with Crippen LogP contribution in [0.3, 0.4) is 0 Å². The minimum atomic E-state index is -4.13. The van der Waals surface area contributed by atoms with E-state index in [0.29, 0.717) is 19.4 Å². The number of nitrogens with one attached hydrogen (secondary N) is 2. The summed E-state index contributed by atoms with van der Waals surface area (Å²) in [4.78, 5) is 11.9. The molecule has 1 heterocycles. The van der Waals surface area contributed by atoms with Crippen LogP contribution in [0.5, 0.6) is 0 Å². The number of alkyl halides is 3. The Labute approximate surface area is 115 Å². The number of rotatable bonds is 3. The second-order valence-electron chi connectivity index (χ2n) is 5.33. The van der Waals surface area contributed by atoms with Crippen LogP contribution in [0.2, 0.25) is 0 Å². The number of H-pyrrole nitrogens is 1. The molecule has 1 aromatic rings. The van der Waals surface area contributed by atoms with Gasteiger partial charge in [-0.2, -0.15) is 18.3 Å². The first-order valence-corrected chi connectivity index (χ1v) is 6.71. The van der Waals surface area contributed by atoms with Gasteiger partial charge < -0.3 is 5.32 Å². The molecule has 0 aromatic carbocycles. The van der Waals surface area contributed by atoms with Gasteiger partial charge in [-0.15, -0.1) is 0 Å². The third-order valence-corrected chi connectivity index (χ3v) is 3.95. The molecule has 2 N–H and O–H groups in total. The van der Waals surface area contributed by atoms with Gasteiger partial charge >= 0.3 is 6.18 Å². The van der Waals surface area contributed by atoms with Crippen molar-refractivity contribution in [2.45, 2.75) is 45.3 Å². The van der Waals surface area contributed by atoms with Crippen LogP contribution >= 0.6 is 0 Å². The average Bonchev–Trinajstić information content (AvgIpc) is 2.81. The lowest BCUT2D eigenvalue weighted by Crippen LogP contribution is -2.35. The number of aryl methyl sites for hydroxylation is 1. The number of hydrogen-bond donors (Lipinski definition) is 2. The monoisotopic (exact) mass is 289 g/mol. The van der Waals surface area contributed by atoms with Gasteiger partial charge in [0, 0.05) is 23.7 Å². The van der Waals surface area contributed by atoms with Crippen LogP contribution in [0.15, 0.2) is 6.20 Å². The molecule has 0 spiro atoms. The molecule has 0 bridgehead atoms. The third kappa shape index (κ3) is 3.52. The highest BCUT2D eigenvalue weighted by molar-refractivity contribution is 5.78. The Bertz CT molecular complexity index is 462. The fourth-order valence-corrected chi connectivity index (χ4v) is 2.56. The molecule has 7 heteroatoms. The van der Waals surface area contributed by atoms with E-state index in [1.165, 1.54) is 0 Å². The van der Waals surface area contributed by atoms with Gasteiger partial charge in [0.1, 0.15) is 0 Å². The molecule has 1 aliphatic carbocycles. The molecule has 0 unspecified atom stereocenters. The standard InChI is InChI=1S/C13H18F3N3O/c1-8-10(7-18-19-8)6-17-12(20)9-2-4-11(5-3-9)13(14,15)16/h7,9,11H,2-6H2,1H3,(H,17,20)(H,18,19). The van der Waals surface area contributed by atoms with Gasteiger partial charge in [0.2, 0.25) is 5.91 Å². The Morgan fingerprint density at radius 2 is 2.05 bits per heavy atom. The first-order valence-electron chi connectivity index (χ1n) is 6.71. The second kappa shape index (κ2) is 5.85. The zero-order valence-electron chi connectivity index (χ0n) is 11.3. The van der Waals surface area contributed by atoms with Crippen LogP contribution in [-0.4, -0.2) is 22.3 Å². The number of aromatic amines is 1. The van der Waals surface area contributed by atoms with Gasteiger partial charge in [0.05, 0.1) is 12.1 Å². The maximum Gasteiger partial charge on any atom is 0.391 e. The van der Waals surface area contributed by atoms with Crippen molar-refractivity contribution < 1.29 is 18.0 Å². The van der Waals surface area contributed by atoms with E-state index in [1.54, 1.807) is 6.20 Å². The minimum Gasteiger partial charge on any atom is -0.352 e. The van der Waals surface area contributed by atoms with Crippen molar-refractivity contribution in [3.8, 4) is 0 Å². The largest absolute Gasteiger partial charge is 0.391 e. The fourth-order valence-electron chi connectivity index (χ4n) is 2.56. The summed E-state index contributed by atoms with van der Waals surface area (Å²) in [6, 6.07) is 0. The molecule has 1 saturated carbocycles. The smallest absolute Gasteiger partial charge is 0.352 e. The molecule has 0 saturated heterocycles. The van der Waals surface area contributed by atoms with Crippen molar-refractivity contribution >= 4 is 5.91 Å². The predicted octanol–water partition coefficient (Wildman–Crippen LogP) is 2.70. The summed E-state index contributed by atoms with van der Waals surface area (Å²) in [5, 5.41) is 9.38. The van der Waals surface area contributed by atoms with E-state index < -0.39 is 12.1 Å². The van der Waals surface area contributed by atoms with E-state index in [9.17, 15) is 18.0 Å². The Morgan fingerprint density at radius 3 is 2.55 bits per heavy atom. The van der Waals surface area contributed by atoms with Crippen LogP contribution < -0.4 is 5.32 Å². The molecule has 1 amide bonds. The molecule has 0 radical (unpaired) electrons. The highest BCUT2D eigenvalue weighted by Crippen LogP contribution is 2.39. The summed E-state index contributed by atoms with van der Waals surface area (Å²) >= 11 is 0. The van der Waals surface area contributed by atoms with E-state index in [2.05, 4.69) is 15.5 Å². The van der Waals surface area contributed by atoms with Gasteiger partial charge in [-0.05, 0) is 32.6 Å². The van der Waals surface area contributed by atoms with Crippen LogP contribution in [0, 0.1) is 18.8 Å². The number of carbonyl (C=O) groups excluding carboxylic acids is 1. The Balaban J connectivity index is 1.79. The van der Waals surface area contributed by atoms with E-state index in [-0.39, 0.29) is 24.7 Å². The van der Waals surface area contributed by atoms with Crippen molar-refractivity contribution in [1.29, 1.82) is 0 Å². The molecule has 1 aromatic heterocycles. The summed E-state index contributed by atoms with van der Waals surface area (Å²) < 4.78 is 37.6. The Hall–Kier alpha value is -1.53. The molecule has 112 valence electrons. The summed E-state index contributed by atoms with van der Waals surface area (Å²) in [5.74, 6) is -1.71. The molecular formula is C13H18F3N3O. The number of hydrogen-bond acceptors (Lipinski definition) is 2. The van der Waals surface area contributed by atoms with Crippen LogP contribution in [0.25, 0.3) is 0 Å². The summed E-state index contributed by atoms with van der Waals surface area (Å²) in [7, 11) is 0. The number of carbonyl (C=O) groups is 1. The summed E-state index contributed by atoms with van der Waals surface area (Å²) in [6.07, 6.45) is -1.79. The lowest BCUT2D eigenvalue weighted by Gasteiger charge is -2.29. The molecule has 4 nitrogen and oxygen atoms in total. The SMILES string of the molecule is Cc1[nH]ncc1CNC(=O)C1CCC(C(F)(F)F)CC1. The fraction of sp³-hybridized carbons (Fsp3) is 0.692. The van der Waals surface area contributed by atoms with Gasteiger partial charge in [-0.25, -0.2) is 0 Å². The topological polar surface area (TPSA) is 57.8 Å². The van der Waals surface area contributed by atoms with Crippen LogP contribution in [0.1, 0.15) is 36.9 Å². The Kier molecular flexibility index (Phi) is 4.35. The van der Waals surface area contributed by atoms with E-state index in [1.807, 2.05) is 6.92 Å². The number of nitrogens with zero attached hydrogens (tertiary/aromatic N) is 1. The zero-order chi connectivity index (χ0) is 14.8. The predicted molar refractivity (Wildman–Crippen MR) is 66.7 cm³/mol.